The van der Waals surface area contributed by atoms with Gasteiger partial charge in [0.15, 0.2) is 0 Å². The van der Waals surface area contributed by atoms with Crippen molar-refractivity contribution in [1.82, 2.24) is 9.97 Å². The Balaban J connectivity index is 1.84. The first kappa shape index (κ1) is 17.9. The topological polar surface area (TPSA) is 90.7 Å². The van der Waals surface area contributed by atoms with E-state index in [4.69, 9.17) is 5.26 Å². The van der Waals surface area contributed by atoms with Crippen molar-refractivity contribution in [2.75, 3.05) is 10.6 Å². The van der Waals surface area contributed by atoms with E-state index in [2.05, 4.69) is 20.6 Å². The predicted molar refractivity (Wildman–Crippen MR) is 95.5 cm³/mol. The number of carbonyl (C=O) groups excluding carboxylic acids is 1. The van der Waals surface area contributed by atoms with Gasteiger partial charge in [0.1, 0.15) is 23.0 Å². The van der Waals surface area contributed by atoms with Crippen molar-refractivity contribution in [2.45, 2.75) is 6.92 Å². The van der Waals surface area contributed by atoms with Gasteiger partial charge in [-0.3, -0.25) is 4.79 Å². The summed E-state index contributed by atoms with van der Waals surface area (Å²) in [4.78, 5) is 20.5. The fraction of sp³-hybridized carbons (Fsp3) is 0.0526. The molecule has 0 aliphatic heterocycles. The largest absolute Gasteiger partial charge is 0.321 e. The zero-order chi connectivity index (χ0) is 19.4. The van der Waals surface area contributed by atoms with Crippen LogP contribution in [0.3, 0.4) is 0 Å². The molecule has 134 valence electrons. The molecule has 8 heteroatoms. The summed E-state index contributed by atoms with van der Waals surface area (Å²) >= 11 is 0. The van der Waals surface area contributed by atoms with Gasteiger partial charge in [0.2, 0.25) is 5.95 Å². The lowest BCUT2D eigenvalue weighted by atomic mass is 10.2. The van der Waals surface area contributed by atoms with Crippen molar-refractivity contribution in [3.8, 4) is 6.07 Å². The highest BCUT2D eigenvalue weighted by Gasteiger charge is 2.14. The first-order chi connectivity index (χ1) is 13.0. The number of benzene rings is 2. The molecule has 6 nitrogen and oxygen atoms in total. The Morgan fingerprint density at radius 1 is 1.07 bits per heavy atom. The maximum absolute atomic E-state index is 13.8. The summed E-state index contributed by atoms with van der Waals surface area (Å²) in [7, 11) is 0. The van der Waals surface area contributed by atoms with E-state index in [1.165, 1.54) is 12.1 Å². The second-order valence-electron chi connectivity index (χ2n) is 5.58. The Bertz CT molecular complexity index is 1020. The van der Waals surface area contributed by atoms with E-state index in [9.17, 15) is 13.6 Å². The van der Waals surface area contributed by atoms with Gasteiger partial charge in [0.05, 0.1) is 11.6 Å². The van der Waals surface area contributed by atoms with Gasteiger partial charge < -0.3 is 10.6 Å². The van der Waals surface area contributed by atoms with Gasteiger partial charge in [-0.1, -0.05) is 6.07 Å². The molecule has 1 amide bonds. The number of aryl methyl sites for hydroxylation is 1. The second-order valence-corrected chi connectivity index (χ2v) is 5.58. The number of aromatic nitrogens is 2. The number of para-hydroxylation sites is 1. The molecule has 0 atom stereocenters. The average Bonchev–Trinajstić information content (AvgIpc) is 2.65. The first-order valence-corrected chi connectivity index (χ1v) is 7.84. The van der Waals surface area contributed by atoms with Crippen molar-refractivity contribution in [1.29, 1.82) is 5.26 Å². The van der Waals surface area contributed by atoms with E-state index in [1.54, 1.807) is 31.2 Å². The molecule has 0 saturated carbocycles. The quantitative estimate of drug-likeness (QED) is 0.731. The average molecular weight is 365 g/mol. The molecule has 3 rings (SSSR count). The zero-order valence-electron chi connectivity index (χ0n) is 14.1. The van der Waals surface area contributed by atoms with Gasteiger partial charge in [-0.15, -0.1) is 0 Å². The van der Waals surface area contributed by atoms with Crippen molar-refractivity contribution in [2.24, 2.45) is 0 Å². The molecule has 0 radical (unpaired) electrons. The number of rotatable bonds is 4. The van der Waals surface area contributed by atoms with Gasteiger partial charge in [-0.05, 0) is 49.4 Å². The lowest BCUT2D eigenvalue weighted by Gasteiger charge is -2.10. The molecule has 0 aliphatic rings. The SMILES string of the molecule is Cc1cc(C(=O)Nc2ccc(C#N)cc2)nc(Nc2c(F)cccc2F)n1. The maximum Gasteiger partial charge on any atom is 0.274 e. The molecule has 0 unspecified atom stereocenters. The second kappa shape index (κ2) is 7.58. The van der Waals surface area contributed by atoms with Crippen molar-refractivity contribution < 1.29 is 13.6 Å². The molecule has 0 saturated heterocycles. The molecule has 0 fully saturated rings. The zero-order valence-corrected chi connectivity index (χ0v) is 14.1. The van der Waals surface area contributed by atoms with Crippen LogP contribution in [-0.2, 0) is 0 Å². The van der Waals surface area contributed by atoms with Crippen LogP contribution in [-0.4, -0.2) is 15.9 Å². The molecule has 2 N–H and O–H groups in total. The van der Waals surface area contributed by atoms with Crippen LogP contribution in [0.1, 0.15) is 21.7 Å². The molecule has 0 aliphatic carbocycles. The minimum Gasteiger partial charge on any atom is -0.321 e. The number of nitrogens with one attached hydrogen (secondary N) is 2. The van der Waals surface area contributed by atoms with Crippen LogP contribution in [0, 0.1) is 29.9 Å². The fourth-order valence-electron chi connectivity index (χ4n) is 2.29. The van der Waals surface area contributed by atoms with Gasteiger partial charge in [0, 0.05) is 11.4 Å². The van der Waals surface area contributed by atoms with Crippen molar-refractivity contribution in [3.63, 3.8) is 0 Å². The van der Waals surface area contributed by atoms with E-state index in [0.717, 1.165) is 12.1 Å². The van der Waals surface area contributed by atoms with Crippen LogP contribution >= 0.6 is 0 Å². The van der Waals surface area contributed by atoms with Gasteiger partial charge >= 0.3 is 0 Å². The summed E-state index contributed by atoms with van der Waals surface area (Å²) in [6.07, 6.45) is 0. The van der Waals surface area contributed by atoms with Crippen LogP contribution in [0.2, 0.25) is 0 Å². The summed E-state index contributed by atoms with van der Waals surface area (Å²) in [5, 5.41) is 13.9. The third-order valence-electron chi connectivity index (χ3n) is 3.56. The van der Waals surface area contributed by atoms with Crippen LogP contribution in [0.25, 0.3) is 0 Å². The van der Waals surface area contributed by atoms with Gasteiger partial charge in [-0.2, -0.15) is 5.26 Å². The van der Waals surface area contributed by atoms with E-state index in [1.807, 2.05) is 6.07 Å². The molecule has 0 spiro atoms. The Morgan fingerprint density at radius 2 is 1.74 bits per heavy atom. The molecule has 27 heavy (non-hydrogen) atoms. The van der Waals surface area contributed by atoms with E-state index in [-0.39, 0.29) is 11.6 Å². The molecular formula is C19H13F2N5O. The lowest BCUT2D eigenvalue weighted by molar-refractivity contribution is 0.102. The Labute approximate surface area is 153 Å². The number of anilines is 3. The summed E-state index contributed by atoms with van der Waals surface area (Å²) in [6, 6.07) is 13.2. The number of hydrogen-bond donors (Lipinski definition) is 2. The third kappa shape index (κ3) is 4.22. The van der Waals surface area contributed by atoms with Crippen LogP contribution in [0.5, 0.6) is 0 Å². The van der Waals surface area contributed by atoms with Gasteiger partial charge in [0.25, 0.3) is 5.91 Å². The number of carbonyl (C=O) groups is 1. The fourth-order valence-corrected chi connectivity index (χ4v) is 2.29. The van der Waals surface area contributed by atoms with E-state index >= 15 is 0 Å². The summed E-state index contributed by atoms with van der Waals surface area (Å²) in [6.45, 7) is 1.63. The Kier molecular flexibility index (Phi) is 5.04. The van der Waals surface area contributed by atoms with Crippen molar-refractivity contribution in [3.05, 3.63) is 77.1 Å². The Hall–Kier alpha value is -3.86. The van der Waals surface area contributed by atoms with Crippen LogP contribution in [0.4, 0.5) is 26.1 Å². The molecule has 2 aromatic carbocycles. The lowest BCUT2D eigenvalue weighted by Crippen LogP contribution is -2.15. The van der Waals surface area contributed by atoms with Crippen LogP contribution < -0.4 is 10.6 Å². The molecular weight excluding hydrogens is 352 g/mol. The number of hydrogen-bond acceptors (Lipinski definition) is 5. The normalized spacial score (nSPS) is 10.1. The molecule has 0 bridgehead atoms. The van der Waals surface area contributed by atoms with E-state index in [0.29, 0.717) is 16.9 Å². The predicted octanol–water partition coefficient (Wildman–Crippen LogP) is 3.93. The monoisotopic (exact) mass is 365 g/mol. The van der Waals surface area contributed by atoms with E-state index < -0.39 is 23.2 Å². The van der Waals surface area contributed by atoms with Gasteiger partial charge in [-0.25, -0.2) is 18.7 Å². The highest BCUT2D eigenvalue weighted by atomic mass is 19.1. The molecule has 1 heterocycles. The highest BCUT2D eigenvalue weighted by molar-refractivity contribution is 6.03. The number of nitrogens with zero attached hydrogens (tertiary/aromatic N) is 3. The number of nitriles is 1. The van der Waals surface area contributed by atoms with Crippen LogP contribution in [0.15, 0.2) is 48.5 Å². The third-order valence-corrected chi connectivity index (χ3v) is 3.56. The summed E-state index contributed by atoms with van der Waals surface area (Å²) in [5.74, 6) is -2.24. The number of amides is 1. The minimum absolute atomic E-state index is 0.0195. The summed E-state index contributed by atoms with van der Waals surface area (Å²) in [5.41, 5.74) is 0.996. The number of halogens is 2. The minimum atomic E-state index is -0.802. The molecule has 1 aromatic heterocycles. The first-order valence-electron chi connectivity index (χ1n) is 7.84. The summed E-state index contributed by atoms with van der Waals surface area (Å²) < 4.78 is 27.6. The highest BCUT2D eigenvalue weighted by Crippen LogP contribution is 2.21. The Morgan fingerprint density at radius 3 is 2.37 bits per heavy atom. The van der Waals surface area contributed by atoms with Crippen molar-refractivity contribution >= 4 is 23.2 Å². The maximum atomic E-state index is 13.8. The molecule has 3 aromatic rings. The smallest absolute Gasteiger partial charge is 0.274 e. The standard InChI is InChI=1S/C19H13F2N5O/c1-11-9-16(18(27)24-13-7-5-12(10-22)6-8-13)25-19(23-11)26-17-14(20)3-2-4-15(17)21/h2-9H,1H3,(H,24,27)(H,23,25,26).